The number of benzene rings is 1. The first-order valence-electron chi connectivity index (χ1n) is 7.45. The topological polar surface area (TPSA) is 29.9 Å². The lowest BCUT2D eigenvalue weighted by atomic mass is 9.92. The molecule has 3 heteroatoms. The summed E-state index contributed by atoms with van der Waals surface area (Å²) in [4.78, 5) is 0. The van der Waals surface area contributed by atoms with E-state index in [0.717, 1.165) is 12.2 Å². The third-order valence-corrected chi connectivity index (χ3v) is 4.22. The molecule has 1 aromatic carbocycles. The number of para-hydroxylation sites is 1. The van der Waals surface area contributed by atoms with Gasteiger partial charge in [-0.2, -0.15) is 5.10 Å². The van der Waals surface area contributed by atoms with E-state index in [9.17, 15) is 0 Å². The Morgan fingerprint density at radius 3 is 2.80 bits per heavy atom. The summed E-state index contributed by atoms with van der Waals surface area (Å²) in [6, 6.07) is 10.9. The van der Waals surface area contributed by atoms with Crippen LogP contribution in [0.5, 0.6) is 0 Å². The highest BCUT2D eigenvalue weighted by atomic mass is 15.3. The molecule has 1 aliphatic rings. The molecule has 1 fully saturated rings. The Bertz CT molecular complexity index is 557. The number of aromatic nitrogens is 2. The van der Waals surface area contributed by atoms with Crippen LogP contribution in [-0.4, -0.2) is 15.8 Å². The largest absolute Gasteiger partial charge is 0.310 e. The summed E-state index contributed by atoms with van der Waals surface area (Å²) in [5.74, 6) is 0. The summed E-state index contributed by atoms with van der Waals surface area (Å²) in [7, 11) is 0. The van der Waals surface area contributed by atoms with Crippen LogP contribution in [0.4, 0.5) is 0 Å². The fourth-order valence-electron chi connectivity index (χ4n) is 3.05. The first-order chi connectivity index (χ1) is 9.62. The molecule has 20 heavy (non-hydrogen) atoms. The van der Waals surface area contributed by atoms with Gasteiger partial charge >= 0.3 is 0 Å². The van der Waals surface area contributed by atoms with Crippen molar-refractivity contribution in [3.05, 3.63) is 48.3 Å². The van der Waals surface area contributed by atoms with E-state index in [-0.39, 0.29) is 0 Å². The van der Waals surface area contributed by atoms with Gasteiger partial charge in [0.05, 0.1) is 11.9 Å². The summed E-state index contributed by atoms with van der Waals surface area (Å²) in [6.07, 6.45) is 7.97. The Morgan fingerprint density at radius 2 is 2.10 bits per heavy atom. The number of hydrogen-bond acceptors (Lipinski definition) is 2. The van der Waals surface area contributed by atoms with Crippen molar-refractivity contribution in [2.24, 2.45) is 5.41 Å². The van der Waals surface area contributed by atoms with Crippen molar-refractivity contribution in [3.8, 4) is 5.69 Å². The Labute approximate surface area is 121 Å². The lowest BCUT2D eigenvalue weighted by Crippen LogP contribution is -2.26. The van der Waals surface area contributed by atoms with Crippen LogP contribution in [0.3, 0.4) is 0 Å². The molecule has 1 atom stereocenters. The van der Waals surface area contributed by atoms with Crippen molar-refractivity contribution in [1.82, 2.24) is 15.1 Å². The third-order valence-electron chi connectivity index (χ3n) is 4.22. The lowest BCUT2D eigenvalue weighted by Gasteiger charge is -2.17. The van der Waals surface area contributed by atoms with Gasteiger partial charge in [0.25, 0.3) is 0 Å². The van der Waals surface area contributed by atoms with E-state index in [4.69, 9.17) is 0 Å². The molecule has 0 aliphatic heterocycles. The molecule has 3 rings (SSSR count). The van der Waals surface area contributed by atoms with Crippen LogP contribution in [0.1, 0.15) is 38.7 Å². The fraction of sp³-hybridized carbons (Fsp3) is 0.471. The van der Waals surface area contributed by atoms with E-state index in [0.29, 0.717) is 11.5 Å². The van der Waals surface area contributed by atoms with Gasteiger partial charge in [0.1, 0.15) is 0 Å². The molecule has 0 saturated heterocycles. The first-order valence-corrected chi connectivity index (χ1v) is 7.45. The molecule has 106 valence electrons. The Kier molecular flexibility index (Phi) is 3.62. The average Bonchev–Trinajstić information content (AvgIpc) is 3.04. The highest BCUT2D eigenvalue weighted by Gasteiger charge is 2.30. The molecule has 0 bridgehead atoms. The Balaban J connectivity index is 1.58. The lowest BCUT2D eigenvalue weighted by molar-refractivity contribution is 0.364. The van der Waals surface area contributed by atoms with Gasteiger partial charge in [-0.3, -0.25) is 0 Å². The van der Waals surface area contributed by atoms with E-state index in [1.165, 1.54) is 24.8 Å². The minimum absolute atomic E-state index is 0.506. The van der Waals surface area contributed by atoms with E-state index in [1.807, 2.05) is 29.1 Å². The van der Waals surface area contributed by atoms with Gasteiger partial charge < -0.3 is 5.32 Å². The quantitative estimate of drug-likeness (QED) is 0.920. The number of nitrogens with zero attached hydrogens (tertiary/aromatic N) is 2. The Morgan fingerprint density at radius 1 is 1.30 bits per heavy atom. The number of hydrogen-bond donors (Lipinski definition) is 1. The summed E-state index contributed by atoms with van der Waals surface area (Å²) in [5.41, 5.74) is 2.87. The van der Waals surface area contributed by atoms with Crippen LogP contribution in [-0.2, 0) is 6.54 Å². The molecular formula is C17H23N3. The fourth-order valence-corrected chi connectivity index (χ4v) is 3.05. The van der Waals surface area contributed by atoms with Crippen LogP contribution < -0.4 is 5.32 Å². The molecule has 0 radical (unpaired) electrons. The van der Waals surface area contributed by atoms with Gasteiger partial charge in [-0.05, 0) is 36.8 Å². The molecular weight excluding hydrogens is 246 g/mol. The molecule has 1 aliphatic carbocycles. The van der Waals surface area contributed by atoms with Gasteiger partial charge in [0, 0.05) is 24.3 Å². The second kappa shape index (κ2) is 5.41. The standard InChI is InChI=1S/C17H23N3/c1-17(2)9-8-15(10-17)18-11-14-12-19-20(13-14)16-6-4-3-5-7-16/h3-7,12-13,15,18H,8-11H2,1-2H3. The maximum atomic E-state index is 4.44. The maximum Gasteiger partial charge on any atom is 0.0645 e. The van der Waals surface area contributed by atoms with Gasteiger partial charge in [-0.1, -0.05) is 32.0 Å². The predicted octanol–water partition coefficient (Wildman–Crippen LogP) is 3.54. The smallest absolute Gasteiger partial charge is 0.0645 e. The average molecular weight is 269 g/mol. The summed E-state index contributed by atoms with van der Waals surface area (Å²) in [6.45, 7) is 5.64. The third kappa shape index (κ3) is 3.10. The maximum absolute atomic E-state index is 4.44. The van der Waals surface area contributed by atoms with Crippen LogP contribution in [0.25, 0.3) is 5.69 Å². The molecule has 1 N–H and O–H groups in total. The van der Waals surface area contributed by atoms with Crippen LogP contribution >= 0.6 is 0 Å². The minimum Gasteiger partial charge on any atom is -0.310 e. The molecule has 0 amide bonds. The first kappa shape index (κ1) is 13.4. The number of rotatable bonds is 4. The van der Waals surface area contributed by atoms with Crippen molar-refractivity contribution in [3.63, 3.8) is 0 Å². The molecule has 1 aromatic heterocycles. The predicted molar refractivity (Wildman–Crippen MR) is 81.8 cm³/mol. The molecule has 1 saturated carbocycles. The van der Waals surface area contributed by atoms with E-state index >= 15 is 0 Å². The highest BCUT2D eigenvalue weighted by molar-refractivity contribution is 5.30. The zero-order valence-electron chi connectivity index (χ0n) is 12.3. The van der Waals surface area contributed by atoms with E-state index in [1.54, 1.807) is 0 Å². The summed E-state index contributed by atoms with van der Waals surface area (Å²) in [5, 5.41) is 8.10. The van der Waals surface area contributed by atoms with E-state index < -0.39 is 0 Å². The molecule has 1 heterocycles. The monoisotopic (exact) mass is 269 g/mol. The second-order valence-electron chi connectivity index (χ2n) is 6.61. The summed E-state index contributed by atoms with van der Waals surface area (Å²) >= 11 is 0. The number of nitrogens with one attached hydrogen (secondary N) is 1. The molecule has 1 unspecified atom stereocenters. The molecule has 2 aromatic rings. The van der Waals surface area contributed by atoms with Crippen molar-refractivity contribution in [2.75, 3.05) is 0 Å². The van der Waals surface area contributed by atoms with Crippen molar-refractivity contribution in [2.45, 2.75) is 45.7 Å². The van der Waals surface area contributed by atoms with Gasteiger partial charge in [-0.15, -0.1) is 0 Å². The zero-order valence-corrected chi connectivity index (χ0v) is 12.3. The van der Waals surface area contributed by atoms with Crippen LogP contribution in [0, 0.1) is 5.41 Å². The van der Waals surface area contributed by atoms with Gasteiger partial charge in [-0.25, -0.2) is 4.68 Å². The zero-order chi connectivity index (χ0) is 14.0. The van der Waals surface area contributed by atoms with Crippen molar-refractivity contribution < 1.29 is 0 Å². The molecule has 0 spiro atoms. The summed E-state index contributed by atoms with van der Waals surface area (Å²) < 4.78 is 1.94. The normalized spacial score (nSPS) is 21.2. The van der Waals surface area contributed by atoms with Crippen LogP contribution in [0.15, 0.2) is 42.7 Å². The minimum atomic E-state index is 0.506. The van der Waals surface area contributed by atoms with Gasteiger partial charge in [0.2, 0.25) is 0 Å². The second-order valence-corrected chi connectivity index (χ2v) is 6.61. The molecule has 3 nitrogen and oxygen atoms in total. The van der Waals surface area contributed by atoms with Crippen LogP contribution in [0.2, 0.25) is 0 Å². The van der Waals surface area contributed by atoms with Gasteiger partial charge in [0.15, 0.2) is 0 Å². The highest BCUT2D eigenvalue weighted by Crippen LogP contribution is 2.36. The Hall–Kier alpha value is -1.61. The SMILES string of the molecule is CC1(C)CCC(NCc2cnn(-c3ccccc3)c2)C1. The van der Waals surface area contributed by atoms with Crippen molar-refractivity contribution in [1.29, 1.82) is 0 Å². The van der Waals surface area contributed by atoms with E-state index in [2.05, 4.69) is 42.6 Å². The van der Waals surface area contributed by atoms with Crippen molar-refractivity contribution >= 4 is 0 Å².